The highest BCUT2D eigenvalue weighted by Gasteiger charge is 2.22. The van der Waals surface area contributed by atoms with Crippen LogP contribution in [0.2, 0.25) is 5.02 Å². The second kappa shape index (κ2) is 6.22. The molecule has 106 valence electrons. The molecule has 0 spiro atoms. The quantitative estimate of drug-likeness (QED) is 0.898. The summed E-state index contributed by atoms with van der Waals surface area (Å²) >= 11 is 5.86. The number of hydrogen-bond acceptors (Lipinski definition) is 3. The van der Waals surface area contributed by atoms with Gasteiger partial charge in [-0.15, -0.1) is 0 Å². The van der Waals surface area contributed by atoms with E-state index in [-0.39, 0.29) is 6.04 Å². The fourth-order valence-electron chi connectivity index (χ4n) is 2.33. The first-order valence-corrected chi connectivity index (χ1v) is 8.34. The lowest BCUT2D eigenvalue weighted by atomic mass is 10.1. The minimum absolute atomic E-state index is 0.00933. The van der Waals surface area contributed by atoms with Crippen LogP contribution in [0, 0.1) is 6.92 Å². The molecule has 6 heteroatoms. The predicted octanol–water partition coefficient (Wildman–Crippen LogP) is 2.07. The molecule has 0 aliphatic carbocycles. The molecule has 19 heavy (non-hydrogen) atoms. The van der Waals surface area contributed by atoms with Crippen molar-refractivity contribution in [1.29, 1.82) is 0 Å². The number of halogens is 1. The maximum atomic E-state index is 12.4. The molecule has 0 bridgehead atoms. The first-order chi connectivity index (χ1) is 8.99. The molecule has 4 nitrogen and oxygen atoms in total. The van der Waals surface area contributed by atoms with Crippen LogP contribution < -0.4 is 10.0 Å². The summed E-state index contributed by atoms with van der Waals surface area (Å²) in [6.45, 7) is 3.57. The van der Waals surface area contributed by atoms with Gasteiger partial charge in [0.05, 0.1) is 4.90 Å². The smallest absolute Gasteiger partial charge is 0.241 e. The number of hydrogen-bond donors (Lipinski definition) is 2. The van der Waals surface area contributed by atoms with Crippen LogP contribution in [0.4, 0.5) is 0 Å². The van der Waals surface area contributed by atoms with Gasteiger partial charge >= 0.3 is 0 Å². The second-order valence-corrected chi connectivity index (χ2v) is 7.03. The van der Waals surface area contributed by atoms with E-state index in [4.69, 9.17) is 11.6 Å². The van der Waals surface area contributed by atoms with Crippen LogP contribution in [-0.2, 0) is 10.0 Å². The van der Waals surface area contributed by atoms with Gasteiger partial charge in [0.2, 0.25) is 10.0 Å². The van der Waals surface area contributed by atoms with Gasteiger partial charge in [0.15, 0.2) is 0 Å². The molecule has 1 fully saturated rings. The third-order valence-electron chi connectivity index (χ3n) is 3.32. The summed E-state index contributed by atoms with van der Waals surface area (Å²) in [4.78, 5) is 0.314. The van der Waals surface area contributed by atoms with Crippen LogP contribution in [-0.4, -0.2) is 27.5 Å². The zero-order valence-corrected chi connectivity index (χ0v) is 12.5. The summed E-state index contributed by atoms with van der Waals surface area (Å²) in [7, 11) is -3.46. The molecule has 1 aromatic rings. The highest BCUT2D eigenvalue weighted by Crippen LogP contribution is 2.20. The van der Waals surface area contributed by atoms with Crippen molar-refractivity contribution in [2.75, 3.05) is 13.1 Å². The average Bonchev–Trinajstić information content (AvgIpc) is 2.56. The molecule has 0 amide bonds. The topological polar surface area (TPSA) is 58.2 Å². The van der Waals surface area contributed by atoms with Crippen molar-refractivity contribution in [3.63, 3.8) is 0 Å². The van der Waals surface area contributed by atoms with E-state index in [0.29, 0.717) is 15.5 Å². The van der Waals surface area contributed by atoms with E-state index < -0.39 is 10.0 Å². The summed E-state index contributed by atoms with van der Waals surface area (Å²) in [6, 6.07) is 4.85. The summed E-state index contributed by atoms with van der Waals surface area (Å²) in [6.07, 6.45) is 2.69. The SMILES string of the molecule is Cc1cc(Cl)ccc1S(=O)(=O)NC1CCCNCC1. The van der Waals surface area contributed by atoms with E-state index in [2.05, 4.69) is 10.0 Å². The minimum atomic E-state index is -3.46. The third kappa shape index (κ3) is 3.92. The third-order valence-corrected chi connectivity index (χ3v) is 5.24. The van der Waals surface area contributed by atoms with Crippen molar-refractivity contribution in [2.45, 2.75) is 37.1 Å². The Morgan fingerprint density at radius 1 is 1.32 bits per heavy atom. The molecule has 1 unspecified atom stereocenters. The molecule has 1 heterocycles. The molecule has 1 atom stereocenters. The summed E-state index contributed by atoms with van der Waals surface area (Å²) in [5.74, 6) is 0. The Bertz CT molecular complexity index is 538. The Kier molecular flexibility index (Phi) is 4.84. The number of benzene rings is 1. The molecule has 2 N–H and O–H groups in total. The summed E-state index contributed by atoms with van der Waals surface area (Å²) in [5.41, 5.74) is 0.673. The van der Waals surface area contributed by atoms with Crippen LogP contribution in [0.5, 0.6) is 0 Å². The van der Waals surface area contributed by atoms with Crippen molar-refractivity contribution in [1.82, 2.24) is 10.0 Å². The van der Waals surface area contributed by atoms with E-state index in [1.165, 1.54) is 0 Å². The van der Waals surface area contributed by atoms with E-state index in [1.54, 1.807) is 25.1 Å². The Hall–Kier alpha value is -0.620. The number of aryl methyl sites for hydroxylation is 1. The Morgan fingerprint density at radius 3 is 2.84 bits per heavy atom. The molecule has 1 aliphatic rings. The molecule has 0 radical (unpaired) electrons. The predicted molar refractivity (Wildman–Crippen MR) is 77.0 cm³/mol. The summed E-state index contributed by atoms with van der Waals surface area (Å²) < 4.78 is 27.5. The number of sulfonamides is 1. The molecule has 2 rings (SSSR count). The zero-order chi connectivity index (χ0) is 13.9. The Labute approximate surface area is 119 Å². The molecule has 0 aromatic heterocycles. The molecular weight excluding hydrogens is 284 g/mol. The monoisotopic (exact) mass is 302 g/mol. The molecule has 1 aromatic carbocycles. The van der Waals surface area contributed by atoms with E-state index in [9.17, 15) is 8.42 Å². The van der Waals surface area contributed by atoms with Gasteiger partial charge in [0, 0.05) is 11.1 Å². The lowest BCUT2D eigenvalue weighted by molar-refractivity contribution is 0.518. The normalized spacial score (nSPS) is 21.1. The van der Waals surface area contributed by atoms with Crippen molar-refractivity contribution >= 4 is 21.6 Å². The summed E-state index contributed by atoms with van der Waals surface area (Å²) in [5, 5.41) is 3.82. The largest absolute Gasteiger partial charge is 0.317 e. The zero-order valence-electron chi connectivity index (χ0n) is 10.9. The Morgan fingerprint density at radius 2 is 2.11 bits per heavy atom. The fourth-order valence-corrected chi connectivity index (χ4v) is 4.09. The average molecular weight is 303 g/mol. The maximum absolute atomic E-state index is 12.4. The van der Waals surface area contributed by atoms with Crippen molar-refractivity contribution in [2.24, 2.45) is 0 Å². The maximum Gasteiger partial charge on any atom is 0.241 e. The van der Waals surface area contributed by atoms with Crippen molar-refractivity contribution in [3.8, 4) is 0 Å². The fraction of sp³-hybridized carbons (Fsp3) is 0.538. The number of rotatable bonds is 3. The van der Waals surface area contributed by atoms with Gasteiger partial charge in [-0.3, -0.25) is 0 Å². The van der Waals surface area contributed by atoms with Crippen LogP contribution >= 0.6 is 11.6 Å². The Balaban J connectivity index is 2.17. The molecule has 1 saturated heterocycles. The van der Waals surface area contributed by atoms with Gasteiger partial charge in [0.25, 0.3) is 0 Å². The highest BCUT2D eigenvalue weighted by molar-refractivity contribution is 7.89. The first kappa shape index (κ1) is 14.8. The molecule has 0 saturated carbocycles. The van der Waals surface area contributed by atoms with Gasteiger partial charge in [-0.25, -0.2) is 13.1 Å². The van der Waals surface area contributed by atoms with Crippen molar-refractivity contribution < 1.29 is 8.42 Å². The van der Waals surface area contributed by atoms with Crippen LogP contribution in [0.15, 0.2) is 23.1 Å². The van der Waals surface area contributed by atoms with Gasteiger partial charge in [0.1, 0.15) is 0 Å². The lowest BCUT2D eigenvalue weighted by Crippen LogP contribution is -2.35. The van der Waals surface area contributed by atoms with Crippen LogP contribution in [0.25, 0.3) is 0 Å². The first-order valence-electron chi connectivity index (χ1n) is 6.48. The van der Waals surface area contributed by atoms with E-state index in [0.717, 1.165) is 32.4 Å². The van der Waals surface area contributed by atoms with Crippen molar-refractivity contribution in [3.05, 3.63) is 28.8 Å². The second-order valence-electron chi connectivity index (χ2n) is 4.91. The van der Waals surface area contributed by atoms with Crippen LogP contribution in [0.1, 0.15) is 24.8 Å². The standard InChI is InChI=1S/C13H19ClN2O2S/c1-10-9-11(14)4-5-13(10)19(17,18)16-12-3-2-7-15-8-6-12/h4-5,9,12,15-16H,2-3,6-8H2,1H3. The van der Waals surface area contributed by atoms with E-state index in [1.807, 2.05) is 0 Å². The van der Waals surface area contributed by atoms with Gasteiger partial charge in [-0.05, 0) is 63.0 Å². The van der Waals surface area contributed by atoms with E-state index >= 15 is 0 Å². The molecule has 1 aliphatic heterocycles. The number of nitrogens with one attached hydrogen (secondary N) is 2. The molecular formula is C13H19ClN2O2S. The highest BCUT2D eigenvalue weighted by atomic mass is 35.5. The van der Waals surface area contributed by atoms with Gasteiger partial charge in [-0.2, -0.15) is 0 Å². The van der Waals surface area contributed by atoms with Gasteiger partial charge in [-0.1, -0.05) is 11.6 Å². The van der Waals surface area contributed by atoms with Gasteiger partial charge < -0.3 is 5.32 Å². The lowest BCUT2D eigenvalue weighted by Gasteiger charge is -2.17. The minimum Gasteiger partial charge on any atom is -0.317 e. The van der Waals surface area contributed by atoms with Crippen LogP contribution in [0.3, 0.4) is 0 Å².